The Morgan fingerprint density at radius 1 is 0.933 bits per heavy atom. The van der Waals surface area contributed by atoms with Gasteiger partial charge in [-0.3, -0.25) is 9.69 Å². The van der Waals surface area contributed by atoms with Crippen LogP contribution in [0, 0.1) is 18.8 Å². The number of benzene rings is 1. The summed E-state index contributed by atoms with van der Waals surface area (Å²) in [5, 5.41) is 3.06. The molecule has 0 aliphatic heterocycles. The number of rotatable bonds is 7. The highest BCUT2D eigenvalue weighted by molar-refractivity contribution is 6.68. The zero-order valence-electron chi connectivity index (χ0n) is 18.0. The molecular weight excluding hydrogens is 439 g/mol. The van der Waals surface area contributed by atoms with Crippen molar-refractivity contribution in [3.63, 3.8) is 0 Å². The van der Waals surface area contributed by atoms with Gasteiger partial charge in [-0.25, -0.2) is 0 Å². The summed E-state index contributed by atoms with van der Waals surface area (Å²) >= 11 is 19.4. The predicted molar refractivity (Wildman–Crippen MR) is 127 cm³/mol. The summed E-state index contributed by atoms with van der Waals surface area (Å²) in [4.78, 5) is 15.3. The van der Waals surface area contributed by atoms with E-state index in [0.29, 0.717) is 17.4 Å². The Hall–Kier alpha value is -0.480. The molecule has 2 aliphatic carbocycles. The summed E-state index contributed by atoms with van der Waals surface area (Å²) in [5.74, 6) is 1.02. The molecule has 2 fully saturated rings. The fourth-order valence-corrected chi connectivity index (χ4v) is 5.56. The predicted octanol–water partition coefficient (Wildman–Crippen LogP) is 6.88. The average Bonchev–Trinajstić information content (AvgIpc) is 2.72. The minimum Gasteiger partial charge on any atom is -0.332 e. The molecule has 0 aromatic heterocycles. The Labute approximate surface area is 196 Å². The van der Waals surface area contributed by atoms with E-state index in [1.54, 1.807) is 0 Å². The molecule has 1 unspecified atom stereocenters. The first-order chi connectivity index (χ1) is 14.3. The number of halogens is 3. The van der Waals surface area contributed by atoms with E-state index in [4.69, 9.17) is 34.8 Å². The minimum atomic E-state index is -1.59. The number of carbonyl (C=O) groups is 1. The van der Waals surface area contributed by atoms with Crippen molar-refractivity contribution in [1.29, 1.82) is 0 Å². The summed E-state index contributed by atoms with van der Waals surface area (Å²) in [6.07, 6.45) is 12.0. The van der Waals surface area contributed by atoms with Gasteiger partial charge >= 0.3 is 0 Å². The van der Waals surface area contributed by atoms with Crippen LogP contribution >= 0.6 is 34.8 Å². The molecule has 1 aromatic carbocycles. The van der Waals surface area contributed by atoms with E-state index in [9.17, 15) is 4.79 Å². The van der Waals surface area contributed by atoms with Crippen LogP contribution in [0.1, 0.15) is 80.1 Å². The molecular formula is C24H35Cl3N2O. The Kier molecular flexibility index (Phi) is 9.19. The molecule has 1 atom stereocenters. The molecule has 0 spiro atoms. The molecule has 0 radical (unpaired) electrons. The molecule has 168 valence electrons. The third kappa shape index (κ3) is 7.29. The van der Waals surface area contributed by atoms with Gasteiger partial charge in [-0.05, 0) is 56.6 Å². The number of nitrogens with one attached hydrogen (secondary N) is 1. The molecule has 0 heterocycles. The van der Waals surface area contributed by atoms with Crippen LogP contribution in [-0.4, -0.2) is 33.9 Å². The van der Waals surface area contributed by atoms with Crippen molar-refractivity contribution < 1.29 is 4.79 Å². The molecule has 2 saturated carbocycles. The lowest BCUT2D eigenvalue weighted by atomic mass is 9.86. The van der Waals surface area contributed by atoms with E-state index in [1.165, 1.54) is 64.2 Å². The summed E-state index contributed by atoms with van der Waals surface area (Å²) in [7, 11) is 0. The Morgan fingerprint density at radius 3 is 1.83 bits per heavy atom. The second-order valence-corrected chi connectivity index (χ2v) is 11.6. The first-order valence-corrected chi connectivity index (χ1v) is 12.6. The molecule has 6 heteroatoms. The van der Waals surface area contributed by atoms with Gasteiger partial charge in [0.1, 0.15) is 6.17 Å². The van der Waals surface area contributed by atoms with Crippen LogP contribution in [0.15, 0.2) is 24.3 Å². The van der Waals surface area contributed by atoms with Crippen molar-refractivity contribution in [1.82, 2.24) is 10.2 Å². The zero-order valence-corrected chi connectivity index (χ0v) is 20.3. The highest BCUT2D eigenvalue weighted by atomic mass is 35.6. The maximum absolute atomic E-state index is 13.0. The normalized spacial score (nSPS) is 20.3. The van der Waals surface area contributed by atoms with Gasteiger partial charge in [-0.2, -0.15) is 0 Å². The highest BCUT2D eigenvalue weighted by Crippen LogP contribution is 2.36. The SMILES string of the molecule is Cc1ccc(C(=O)NC(N(CC2CCCCC2)CC2CCCCC2)C(Cl)(Cl)Cl)cc1. The number of alkyl halides is 3. The number of aryl methyl sites for hydroxylation is 1. The van der Waals surface area contributed by atoms with Crippen molar-refractivity contribution in [3.05, 3.63) is 35.4 Å². The molecule has 1 aromatic rings. The number of hydrogen-bond acceptors (Lipinski definition) is 2. The average molecular weight is 474 g/mol. The summed E-state index contributed by atoms with van der Waals surface area (Å²) in [6, 6.07) is 7.52. The van der Waals surface area contributed by atoms with Crippen molar-refractivity contribution >= 4 is 40.7 Å². The maximum Gasteiger partial charge on any atom is 0.252 e. The maximum atomic E-state index is 13.0. The topological polar surface area (TPSA) is 32.3 Å². The lowest BCUT2D eigenvalue weighted by molar-refractivity contribution is 0.0733. The third-order valence-corrected chi connectivity index (χ3v) is 7.31. The van der Waals surface area contributed by atoms with Crippen molar-refractivity contribution in [2.24, 2.45) is 11.8 Å². The van der Waals surface area contributed by atoms with Crippen LogP contribution in [0.25, 0.3) is 0 Å². The van der Waals surface area contributed by atoms with E-state index in [-0.39, 0.29) is 5.91 Å². The molecule has 1 N–H and O–H groups in total. The molecule has 30 heavy (non-hydrogen) atoms. The van der Waals surface area contributed by atoms with E-state index in [1.807, 2.05) is 31.2 Å². The number of amides is 1. The Balaban J connectivity index is 1.77. The van der Waals surface area contributed by atoms with Crippen LogP contribution < -0.4 is 5.32 Å². The third-order valence-electron chi connectivity index (χ3n) is 6.69. The van der Waals surface area contributed by atoms with Gasteiger partial charge in [0, 0.05) is 18.7 Å². The second kappa shape index (κ2) is 11.4. The Morgan fingerprint density at radius 2 is 1.40 bits per heavy atom. The van der Waals surface area contributed by atoms with Crippen LogP contribution in [0.3, 0.4) is 0 Å². The monoisotopic (exact) mass is 472 g/mol. The van der Waals surface area contributed by atoms with Gasteiger partial charge in [-0.15, -0.1) is 0 Å². The number of hydrogen-bond donors (Lipinski definition) is 1. The summed E-state index contributed by atoms with van der Waals surface area (Å²) in [5.41, 5.74) is 1.70. The molecule has 0 bridgehead atoms. The van der Waals surface area contributed by atoms with Gasteiger partial charge in [0.15, 0.2) is 0 Å². The lowest BCUT2D eigenvalue weighted by Crippen LogP contribution is -2.57. The van der Waals surface area contributed by atoms with Gasteiger partial charge in [-0.1, -0.05) is 91.0 Å². The molecule has 1 amide bonds. The first-order valence-electron chi connectivity index (χ1n) is 11.5. The zero-order chi connectivity index (χ0) is 21.6. The molecule has 0 saturated heterocycles. The summed E-state index contributed by atoms with van der Waals surface area (Å²) < 4.78 is -1.59. The van der Waals surface area contributed by atoms with Crippen LogP contribution in [-0.2, 0) is 0 Å². The van der Waals surface area contributed by atoms with E-state index in [0.717, 1.165) is 18.7 Å². The molecule has 3 rings (SSSR count). The number of carbonyl (C=O) groups excluding carboxylic acids is 1. The Bertz CT molecular complexity index is 642. The molecule has 3 nitrogen and oxygen atoms in total. The first kappa shape index (κ1) is 24.2. The van der Waals surface area contributed by atoms with Crippen molar-refractivity contribution in [2.75, 3.05) is 13.1 Å². The van der Waals surface area contributed by atoms with Gasteiger partial charge in [0.2, 0.25) is 3.79 Å². The largest absolute Gasteiger partial charge is 0.332 e. The summed E-state index contributed by atoms with van der Waals surface area (Å²) in [6.45, 7) is 3.76. The van der Waals surface area contributed by atoms with E-state index < -0.39 is 9.96 Å². The van der Waals surface area contributed by atoms with Crippen molar-refractivity contribution in [2.45, 2.75) is 81.1 Å². The quantitative estimate of drug-likeness (QED) is 0.345. The van der Waals surface area contributed by atoms with E-state index in [2.05, 4.69) is 10.2 Å². The van der Waals surface area contributed by atoms with Crippen molar-refractivity contribution in [3.8, 4) is 0 Å². The van der Waals surface area contributed by atoms with Gasteiger partial charge < -0.3 is 5.32 Å². The van der Waals surface area contributed by atoms with E-state index >= 15 is 0 Å². The van der Waals surface area contributed by atoms with Crippen LogP contribution in [0.4, 0.5) is 0 Å². The van der Waals surface area contributed by atoms with Crippen LogP contribution in [0.5, 0.6) is 0 Å². The minimum absolute atomic E-state index is 0.191. The molecule has 2 aliphatic rings. The van der Waals surface area contributed by atoms with Gasteiger partial charge in [0.05, 0.1) is 0 Å². The van der Waals surface area contributed by atoms with Crippen LogP contribution in [0.2, 0.25) is 0 Å². The number of nitrogens with zero attached hydrogens (tertiary/aromatic N) is 1. The fourth-order valence-electron chi connectivity index (χ4n) is 4.98. The fraction of sp³-hybridized carbons (Fsp3) is 0.708. The van der Waals surface area contributed by atoms with Gasteiger partial charge in [0.25, 0.3) is 5.91 Å². The highest BCUT2D eigenvalue weighted by Gasteiger charge is 2.40. The lowest BCUT2D eigenvalue weighted by Gasteiger charge is -2.41. The second-order valence-electron chi connectivity index (χ2n) is 9.25. The smallest absolute Gasteiger partial charge is 0.252 e. The standard InChI is InChI=1S/C24H35Cl3N2O/c1-18-12-14-21(15-13-18)22(30)28-23(24(25,26)27)29(16-19-8-4-2-5-9-19)17-20-10-6-3-7-11-20/h12-15,19-20,23H,2-11,16-17H2,1H3,(H,28,30).